The molecule has 9 heteroatoms. The molecule has 2 unspecified atom stereocenters. The van der Waals surface area contributed by atoms with Gasteiger partial charge in [0.25, 0.3) is 5.91 Å². The highest BCUT2D eigenvalue weighted by atomic mass is 79.9. The molecule has 216 valence electrons. The smallest absolute Gasteiger partial charge is 0.396 e. The van der Waals surface area contributed by atoms with E-state index in [4.69, 9.17) is 4.98 Å². The summed E-state index contributed by atoms with van der Waals surface area (Å²) < 4.78 is 41.7. The molecule has 42 heavy (non-hydrogen) atoms. The Morgan fingerprint density at radius 2 is 1.83 bits per heavy atom. The Morgan fingerprint density at radius 1 is 1.10 bits per heavy atom. The number of fused-ring (bicyclic) bond motifs is 1. The minimum atomic E-state index is -4.58. The Hall–Kier alpha value is -3.82. The molecular weight excluding hydrogens is 609 g/mol. The van der Waals surface area contributed by atoms with Crippen molar-refractivity contribution in [3.63, 3.8) is 0 Å². The zero-order valence-corrected chi connectivity index (χ0v) is 24.3. The number of pyridine rings is 1. The number of carbonyl (C=O) groups is 2. The van der Waals surface area contributed by atoms with Gasteiger partial charge in [0.05, 0.1) is 27.9 Å². The van der Waals surface area contributed by atoms with Crippen LogP contribution < -0.4 is 5.32 Å². The maximum absolute atomic E-state index is 14.4. The molecule has 1 aliphatic rings. The van der Waals surface area contributed by atoms with Gasteiger partial charge in [-0.3, -0.25) is 4.79 Å². The molecular formula is C33H28BrF3N2O3. The van der Waals surface area contributed by atoms with Crippen LogP contribution >= 0.6 is 15.9 Å². The SMILES string of the molecule is Cc1c(-c2ccccc2)nc2ccc(Br)cc2c1C(=O)NC1(CCO)CCC(C=O)C=C1c1cccc(C(F)(F)F)c1. The molecule has 5 nitrogen and oxygen atoms in total. The van der Waals surface area contributed by atoms with Gasteiger partial charge < -0.3 is 15.2 Å². The third kappa shape index (κ3) is 5.76. The summed E-state index contributed by atoms with van der Waals surface area (Å²) in [5.41, 5.74) is 1.60. The number of aldehydes is 1. The minimum absolute atomic E-state index is 0.0453. The van der Waals surface area contributed by atoms with Gasteiger partial charge in [0.15, 0.2) is 0 Å². The summed E-state index contributed by atoms with van der Waals surface area (Å²) in [6.07, 6.45) is -1.55. The van der Waals surface area contributed by atoms with Gasteiger partial charge in [-0.1, -0.05) is 64.5 Å². The number of rotatable bonds is 7. The molecule has 0 saturated heterocycles. The van der Waals surface area contributed by atoms with E-state index in [2.05, 4.69) is 21.2 Å². The maximum Gasteiger partial charge on any atom is 0.416 e. The van der Waals surface area contributed by atoms with E-state index >= 15 is 0 Å². The van der Waals surface area contributed by atoms with Crippen LogP contribution in [0.1, 0.15) is 46.3 Å². The Labute approximate surface area is 249 Å². The highest BCUT2D eigenvalue weighted by molar-refractivity contribution is 9.10. The summed E-state index contributed by atoms with van der Waals surface area (Å²) in [5, 5.41) is 13.9. The highest BCUT2D eigenvalue weighted by Gasteiger charge is 2.41. The average molecular weight is 637 g/mol. The Balaban J connectivity index is 1.68. The van der Waals surface area contributed by atoms with Gasteiger partial charge in [0.1, 0.15) is 6.29 Å². The van der Waals surface area contributed by atoms with Crippen LogP contribution in [0.4, 0.5) is 13.2 Å². The van der Waals surface area contributed by atoms with Crippen molar-refractivity contribution >= 4 is 44.6 Å². The second-order valence-corrected chi connectivity index (χ2v) is 11.4. The van der Waals surface area contributed by atoms with Crippen molar-refractivity contribution in [3.05, 3.63) is 106 Å². The number of amides is 1. The molecule has 1 aliphatic carbocycles. The summed E-state index contributed by atoms with van der Waals surface area (Å²) in [6.45, 7) is 1.48. The number of halogens is 4. The predicted molar refractivity (Wildman–Crippen MR) is 160 cm³/mol. The fourth-order valence-corrected chi connectivity index (χ4v) is 6.13. The summed E-state index contributed by atoms with van der Waals surface area (Å²) in [4.78, 5) is 31.0. The lowest BCUT2D eigenvalue weighted by Crippen LogP contribution is -2.52. The van der Waals surface area contributed by atoms with Crippen molar-refractivity contribution in [1.82, 2.24) is 10.3 Å². The number of aliphatic hydroxyl groups excluding tert-OH is 1. The fraction of sp³-hybridized carbons (Fsp3) is 0.242. The van der Waals surface area contributed by atoms with E-state index < -0.39 is 29.1 Å². The second-order valence-electron chi connectivity index (χ2n) is 10.5. The van der Waals surface area contributed by atoms with Gasteiger partial charge in [-0.2, -0.15) is 13.2 Å². The molecule has 4 aromatic rings. The first-order valence-corrected chi connectivity index (χ1v) is 14.3. The first-order chi connectivity index (χ1) is 20.1. The van der Waals surface area contributed by atoms with Crippen LogP contribution in [0.15, 0.2) is 83.3 Å². The quantitative estimate of drug-likeness (QED) is 0.206. The number of hydrogen-bond donors (Lipinski definition) is 2. The van der Waals surface area contributed by atoms with E-state index in [1.54, 1.807) is 6.08 Å². The van der Waals surface area contributed by atoms with E-state index in [-0.39, 0.29) is 25.0 Å². The van der Waals surface area contributed by atoms with E-state index in [0.29, 0.717) is 39.7 Å². The van der Waals surface area contributed by atoms with E-state index in [1.165, 1.54) is 12.1 Å². The van der Waals surface area contributed by atoms with E-state index in [0.717, 1.165) is 28.5 Å². The first kappa shape index (κ1) is 29.7. The van der Waals surface area contributed by atoms with Gasteiger partial charge in [0.2, 0.25) is 0 Å². The van der Waals surface area contributed by atoms with Crippen molar-refractivity contribution in [1.29, 1.82) is 0 Å². The molecule has 0 bridgehead atoms. The number of aliphatic hydroxyl groups is 1. The van der Waals surface area contributed by atoms with Crippen LogP contribution in [-0.2, 0) is 11.0 Å². The predicted octanol–water partition coefficient (Wildman–Crippen LogP) is 7.54. The van der Waals surface area contributed by atoms with Crippen LogP contribution in [0.2, 0.25) is 0 Å². The summed E-state index contributed by atoms with van der Waals surface area (Å²) in [5.74, 6) is -0.992. The van der Waals surface area contributed by atoms with Crippen molar-refractivity contribution in [2.24, 2.45) is 5.92 Å². The summed E-state index contributed by atoms with van der Waals surface area (Å²) in [7, 11) is 0. The molecule has 0 saturated carbocycles. The lowest BCUT2D eigenvalue weighted by atomic mass is 9.71. The number of nitrogens with zero attached hydrogens (tertiary/aromatic N) is 1. The van der Waals surface area contributed by atoms with Gasteiger partial charge >= 0.3 is 6.18 Å². The Morgan fingerprint density at radius 3 is 2.52 bits per heavy atom. The number of benzene rings is 3. The molecule has 0 aliphatic heterocycles. The van der Waals surface area contributed by atoms with Crippen molar-refractivity contribution in [2.45, 2.75) is 37.9 Å². The van der Waals surface area contributed by atoms with Crippen molar-refractivity contribution in [2.75, 3.05) is 6.61 Å². The maximum atomic E-state index is 14.4. The van der Waals surface area contributed by atoms with Crippen LogP contribution in [0.5, 0.6) is 0 Å². The number of alkyl halides is 3. The molecule has 0 radical (unpaired) electrons. The molecule has 5 rings (SSSR count). The highest BCUT2D eigenvalue weighted by Crippen LogP contribution is 2.42. The van der Waals surface area contributed by atoms with Crippen LogP contribution in [0.25, 0.3) is 27.7 Å². The van der Waals surface area contributed by atoms with Crippen molar-refractivity contribution in [3.8, 4) is 11.3 Å². The standard InChI is InChI=1S/C33H28BrF3N2O3/c1-20-29(26-18-25(34)10-11-28(26)38-30(20)22-6-3-2-4-7-22)31(42)39-32(14-15-40)13-12-21(19-41)16-27(32)23-8-5-9-24(17-23)33(35,36)37/h2-11,16-19,21,40H,12-15H2,1H3,(H,39,42). The number of aromatic nitrogens is 1. The van der Waals surface area contributed by atoms with Crippen LogP contribution in [-0.4, -0.2) is 34.4 Å². The molecule has 2 atom stereocenters. The molecule has 0 fully saturated rings. The van der Waals surface area contributed by atoms with Gasteiger partial charge in [0, 0.05) is 27.9 Å². The third-order valence-corrected chi connectivity index (χ3v) is 8.33. The van der Waals surface area contributed by atoms with Gasteiger partial charge in [-0.05, 0) is 73.2 Å². The zero-order valence-electron chi connectivity index (χ0n) is 22.7. The summed E-state index contributed by atoms with van der Waals surface area (Å²) >= 11 is 3.49. The second kappa shape index (κ2) is 11.8. The number of hydrogen-bond acceptors (Lipinski definition) is 4. The van der Waals surface area contributed by atoms with Crippen LogP contribution in [0, 0.1) is 12.8 Å². The normalized spacial score (nSPS) is 18.9. The summed E-state index contributed by atoms with van der Waals surface area (Å²) in [6, 6.07) is 19.8. The van der Waals surface area contributed by atoms with E-state index in [9.17, 15) is 27.9 Å². The fourth-order valence-electron chi connectivity index (χ4n) is 5.77. The molecule has 3 aromatic carbocycles. The molecule has 1 heterocycles. The molecule has 1 aromatic heterocycles. The Kier molecular flexibility index (Phi) is 8.35. The van der Waals surface area contributed by atoms with Gasteiger partial charge in [-0.15, -0.1) is 0 Å². The molecule has 1 amide bonds. The molecule has 2 N–H and O–H groups in total. The lowest BCUT2D eigenvalue weighted by Gasteiger charge is -2.41. The first-order valence-electron chi connectivity index (χ1n) is 13.5. The Bertz CT molecular complexity index is 1690. The van der Waals surface area contributed by atoms with Crippen LogP contribution in [0.3, 0.4) is 0 Å². The van der Waals surface area contributed by atoms with Crippen molar-refractivity contribution < 1.29 is 27.9 Å². The number of allylic oxidation sites excluding steroid dienone is 1. The monoisotopic (exact) mass is 636 g/mol. The number of carbonyl (C=O) groups excluding carboxylic acids is 2. The topological polar surface area (TPSA) is 79.3 Å². The largest absolute Gasteiger partial charge is 0.416 e. The average Bonchev–Trinajstić information content (AvgIpc) is 2.97. The lowest BCUT2D eigenvalue weighted by molar-refractivity contribution is -0.137. The van der Waals surface area contributed by atoms with E-state index in [1.807, 2.05) is 55.5 Å². The zero-order chi connectivity index (χ0) is 30.1. The molecule has 0 spiro atoms. The minimum Gasteiger partial charge on any atom is -0.396 e. The number of nitrogens with one attached hydrogen (secondary N) is 1. The van der Waals surface area contributed by atoms with Gasteiger partial charge in [-0.25, -0.2) is 4.98 Å². The third-order valence-electron chi connectivity index (χ3n) is 7.83.